The van der Waals surface area contributed by atoms with Crippen LogP contribution in [0.5, 0.6) is 0 Å². The summed E-state index contributed by atoms with van der Waals surface area (Å²) in [5.41, 5.74) is 10.5. The average molecular weight is 500 g/mol. The van der Waals surface area contributed by atoms with Crippen LogP contribution in [-0.4, -0.2) is 0 Å². The van der Waals surface area contributed by atoms with E-state index in [4.69, 9.17) is 0 Å². The van der Waals surface area contributed by atoms with Gasteiger partial charge in [-0.3, -0.25) is 0 Å². The topological polar surface area (TPSA) is 3.24 Å². The zero-order valence-electron chi connectivity index (χ0n) is 21.7. The molecule has 0 bridgehead atoms. The van der Waals surface area contributed by atoms with Crippen molar-refractivity contribution in [1.29, 1.82) is 0 Å². The molecule has 6 rings (SSSR count). The maximum absolute atomic E-state index is 2.38. The van der Waals surface area contributed by atoms with Crippen molar-refractivity contribution < 1.29 is 0 Å². The van der Waals surface area contributed by atoms with Gasteiger partial charge >= 0.3 is 0 Å². The van der Waals surface area contributed by atoms with Crippen LogP contribution in [0.1, 0.15) is 11.1 Å². The highest BCUT2D eigenvalue weighted by molar-refractivity contribution is 5.93. The van der Waals surface area contributed by atoms with E-state index in [0.717, 1.165) is 22.6 Å². The standard InChI is InChI=1S/C38H29N/c1-4-14-30(15-5-1)24-25-31-26-28-34(29-27-31)39(37-22-12-10-20-35(37)32-16-6-2-7-17-32)38-23-13-11-21-36(38)33-18-8-3-9-19-33/h1-29H/b25-24+. The number of hydrogen-bond acceptors (Lipinski definition) is 1. The van der Waals surface area contributed by atoms with Crippen LogP contribution in [0, 0.1) is 0 Å². The molecule has 0 aliphatic heterocycles. The molecule has 0 N–H and O–H groups in total. The lowest BCUT2D eigenvalue weighted by Gasteiger charge is -2.30. The van der Waals surface area contributed by atoms with Crippen molar-refractivity contribution in [3.8, 4) is 22.3 Å². The van der Waals surface area contributed by atoms with E-state index in [-0.39, 0.29) is 0 Å². The first kappa shape index (κ1) is 24.2. The van der Waals surface area contributed by atoms with Crippen molar-refractivity contribution in [2.45, 2.75) is 0 Å². The Morgan fingerprint density at radius 1 is 0.333 bits per heavy atom. The number of hydrogen-bond donors (Lipinski definition) is 0. The summed E-state index contributed by atoms with van der Waals surface area (Å²) in [6.45, 7) is 0. The van der Waals surface area contributed by atoms with E-state index in [9.17, 15) is 0 Å². The molecule has 0 aliphatic carbocycles. The first-order chi connectivity index (χ1) is 19.4. The molecular formula is C38H29N. The highest BCUT2D eigenvalue weighted by atomic mass is 15.1. The van der Waals surface area contributed by atoms with Crippen molar-refractivity contribution in [3.63, 3.8) is 0 Å². The quantitative estimate of drug-likeness (QED) is 0.197. The molecule has 0 spiro atoms. The molecule has 1 nitrogen and oxygen atoms in total. The summed E-state index contributed by atoms with van der Waals surface area (Å²) in [5.74, 6) is 0. The van der Waals surface area contributed by atoms with Gasteiger partial charge in [-0.15, -0.1) is 0 Å². The second-order valence-electron chi connectivity index (χ2n) is 9.44. The Balaban J connectivity index is 1.49. The third kappa shape index (κ3) is 5.44. The van der Waals surface area contributed by atoms with E-state index >= 15 is 0 Å². The molecule has 0 amide bonds. The third-order valence-electron chi connectivity index (χ3n) is 6.88. The van der Waals surface area contributed by atoms with Gasteiger partial charge in [0.1, 0.15) is 0 Å². The largest absolute Gasteiger partial charge is 0.309 e. The van der Waals surface area contributed by atoms with Gasteiger partial charge < -0.3 is 4.90 Å². The van der Waals surface area contributed by atoms with Gasteiger partial charge in [-0.05, 0) is 46.5 Å². The first-order valence-electron chi connectivity index (χ1n) is 13.3. The number of nitrogens with zero attached hydrogens (tertiary/aromatic N) is 1. The van der Waals surface area contributed by atoms with E-state index in [1.54, 1.807) is 0 Å². The molecule has 0 atom stereocenters. The van der Waals surface area contributed by atoms with E-state index in [1.165, 1.54) is 27.8 Å². The summed E-state index contributed by atoms with van der Waals surface area (Å²) in [6, 6.07) is 57.8. The molecule has 6 aromatic carbocycles. The Labute approximate surface area is 231 Å². The second kappa shape index (κ2) is 11.5. The lowest BCUT2D eigenvalue weighted by Crippen LogP contribution is -2.12. The number of benzene rings is 6. The SMILES string of the molecule is C(=C\c1ccc(N(c2ccccc2-c2ccccc2)c2ccccc2-c2ccccc2)cc1)/c1ccccc1. The highest BCUT2D eigenvalue weighted by Gasteiger charge is 2.19. The van der Waals surface area contributed by atoms with Crippen LogP contribution in [0.2, 0.25) is 0 Å². The van der Waals surface area contributed by atoms with E-state index in [0.29, 0.717) is 0 Å². The molecule has 0 radical (unpaired) electrons. The molecule has 0 heterocycles. The molecule has 6 aromatic rings. The zero-order chi connectivity index (χ0) is 26.3. The number of anilines is 3. The van der Waals surface area contributed by atoms with Crippen LogP contribution in [-0.2, 0) is 0 Å². The maximum Gasteiger partial charge on any atom is 0.0540 e. The number of rotatable bonds is 7. The Kier molecular flexibility index (Phi) is 7.14. The Hall–Kier alpha value is -5.14. The van der Waals surface area contributed by atoms with Crippen LogP contribution in [0.4, 0.5) is 17.1 Å². The second-order valence-corrected chi connectivity index (χ2v) is 9.44. The molecule has 0 aliphatic rings. The van der Waals surface area contributed by atoms with Crippen molar-refractivity contribution in [2.75, 3.05) is 4.90 Å². The van der Waals surface area contributed by atoms with E-state index in [1.807, 2.05) is 6.07 Å². The summed E-state index contributed by atoms with van der Waals surface area (Å²) in [4.78, 5) is 2.38. The molecule has 186 valence electrons. The minimum Gasteiger partial charge on any atom is -0.309 e. The summed E-state index contributed by atoms with van der Waals surface area (Å²) >= 11 is 0. The fourth-order valence-electron chi connectivity index (χ4n) is 4.96. The zero-order valence-corrected chi connectivity index (χ0v) is 21.7. The fourth-order valence-corrected chi connectivity index (χ4v) is 4.96. The molecule has 0 saturated carbocycles. The van der Waals surface area contributed by atoms with E-state index in [2.05, 4.69) is 175 Å². The minimum atomic E-state index is 1.11. The predicted molar refractivity (Wildman–Crippen MR) is 167 cm³/mol. The van der Waals surface area contributed by atoms with Crippen LogP contribution < -0.4 is 4.90 Å². The van der Waals surface area contributed by atoms with Crippen LogP contribution >= 0.6 is 0 Å². The molecule has 39 heavy (non-hydrogen) atoms. The first-order valence-corrected chi connectivity index (χ1v) is 13.3. The molecule has 0 aromatic heterocycles. The molecule has 1 heteroatoms. The van der Waals surface area contributed by atoms with Gasteiger partial charge in [0.2, 0.25) is 0 Å². The normalized spacial score (nSPS) is 11.0. The van der Waals surface area contributed by atoms with Crippen molar-refractivity contribution >= 4 is 29.2 Å². The molecular weight excluding hydrogens is 470 g/mol. The summed E-state index contributed by atoms with van der Waals surface area (Å²) in [6.07, 6.45) is 4.32. The third-order valence-corrected chi connectivity index (χ3v) is 6.88. The summed E-state index contributed by atoms with van der Waals surface area (Å²) in [5, 5.41) is 0. The summed E-state index contributed by atoms with van der Waals surface area (Å²) in [7, 11) is 0. The number of para-hydroxylation sites is 2. The summed E-state index contributed by atoms with van der Waals surface area (Å²) < 4.78 is 0. The van der Waals surface area contributed by atoms with Crippen LogP contribution in [0.25, 0.3) is 34.4 Å². The Morgan fingerprint density at radius 3 is 1.21 bits per heavy atom. The molecule has 0 unspecified atom stereocenters. The minimum absolute atomic E-state index is 1.11. The highest BCUT2D eigenvalue weighted by Crippen LogP contribution is 2.44. The monoisotopic (exact) mass is 499 g/mol. The van der Waals surface area contributed by atoms with Gasteiger partial charge in [-0.25, -0.2) is 0 Å². The van der Waals surface area contributed by atoms with Gasteiger partial charge in [0.05, 0.1) is 11.4 Å². The van der Waals surface area contributed by atoms with Gasteiger partial charge in [0, 0.05) is 16.8 Å². The van der Waals surface area contributed by atoms with Crippen molar-refractivity contribution in [1.82, 2.24) is 0 Å². The smallest absolute Gasteiger partial charge is 0.0540 e. The lowest BCUT2D eigenvalue weighted by molar-refractivity contribution is 1.28. The van der Waals surface area contributed by atoms with Crippen LogP contribution in [0.3, 0.4) is 0 Å². The van der Waals surface area contributed by atoms with Crippen LogP contribution in [0.15, 0.2) is 164 Å². The maximum atomic E-state index is 2.38. The Bertz CT molecular complexity index is 1590. The van der Waals surface area contributed by atoms with Gasteiger partial charge in [-0.2, -0.15) is 0 Å². The fraction of sp³-hybridized carbons (Fsp3) is 0. The average Bonchev–Trinajstić information content (AvgIpc) is 3.03. The van der Waals surface area contributed by atoms with Crippen molar-refractivity contribution in [3.05, 3.63) is 175 Å². The predicted octanol–water partition coefficient (Wildman–Crippen LogP) is 10.7. The Morgan fingerprint density at radius 2 is 0.718 bits per heavy atom. The van der Waals surface area contributed by atoms with Gasteiger partial charge in [-0.1, -0.05) is 152 Å². The molecule has 0 fully saturated rings. The van der Waals surface area contributed by atoms with Gasteiger partial charge in [0.15, 0.2) is 0 Å². The molecule has 0 saturated heterocycles. The lowest BCUT2D eigenvalue weighted by atomic mass is 9.98. The van der Waals surface area contributed by atoms with E-state index < -0.39 is 0 Å². The van der Waals surface area contributed by atoms with Crippen molar-refractivity contribution in [2.24, 2.45) is 0 Å². The van der Waals surface area contributed by atoms with Gasteiger partial charge in [0.25, 0.3) is 0 Å².